The molecule has 0 radical (unpaired) electrons. The Morgan fingerprint density at radius 1 is 0.881 bits per heavy atom. The monoisotopic (exact) mass is 923 g/mol. The number of carbonyl (C=O) groups excluding carboxylic acids is 4. The Morgan fingerprint density at radius 3 is 2.12 bits per heavy atom. The number of aliphatic hydroxyl groups excluding tert-OH is 1. The summed E-state index contributed by atoms with van der Waals surface area (Å²) < 4.78 is 6.06. The fourth-order valence-corrected chi connectivity index (χ4v) is 9.10. The molecule has 352 valence electrons. The summed E-state index contributed by atoms with van der Waals surface area (Å²) in [5, 5.41) is 16.4. The first-order valence-electron chi connectivity index (χ1n) is 23.2. The highest BCUT2D eigenvalue weighted by Gasteiger charge is 2.44. The van der Waals surface area contributed by atoms with Gasteiger partial charge in [-0.15, -0.1) is 11.3 Å². The Labute approximate surface area is 400 Å². The zero-order valence-electron chi connectivity index (χ0n) is 39.7. The lowest BCUT2D eigenvalue weighted by Crippen LogP contribution is -2.57. The molecule has 0 bridgehead atoms. The van der Waals surface area contributed by atoms with Gasteiger partial charge in [-0.2, -0.15) is 0 Å². The number of nitrogens with one attached hydrogen (secondary N) is 2. The number of aromatic nitrogens is 1. The van der Waals surface area contributed by atoms with Crippen molar-refractivity contribution in [3.63, 3.8) is 0 Å². The Morgan fingerprint density at radius 2 is 1.51 bits per heavy atom. The minimum atomic E-state index is -0.910. The van der Waals surface area contributed by atoms with Crippen LogP contribution in [0.1, 0.15) is 94.2 Å². The van der Waals surface area contributed by atoms with Crippen molar-refractivity contribution in [1.29, 1.82) is 0 Å². The fourth-order valence-electron chi connectivity index (χ4n) is 8.29. The Bertz CT molecular complexity index is 2480. The molecule has 0 spiro atoms. The second kappa shape index (κ2) is 23.9. The molecule has 11 nitrogen and oxygen atoms in total. The van der Waals surface area contributed by atoms with Crippen LogP contribution in [0.15, 0.2) is 127 Å². The van der Waals surface area contributed by atoms with Crippen LogP contribution in [0.4, 0.5) is 0 Å². The Balaban J connectivity index is 0.920. The number of hydrogen-bond donors (Lipinski definition) is 3. The molecule has 6 rings (SSSR count). The van der Waals surface area contributed by atoms with E-state index in [1.807, 2.05) is 93.9 Å². The first-order chi connectivity index (χ1) is 32.2. The van der Waals surface area contributed by atoms with Gasteiger partial charge in [0.05, 0.1) is 28.7 Å². The van der Waals surface area contributed by atoms with Gasteiger partial charge in [0.15, 0.2) is 0 Å². The lowest BCUT2D eigenvalue weighted by Gasteiger charge is -2.35. The molecule has 12 heteroatoms. The van der Waals surface area contributed by atoms with Crippen LogP contribution in [0.25, 0.3) is 21.6 Å². The lowest BCUT2D eigenvalue weighted by atomic mass is 9.85. The molecular formula is C55H65N5O6S. The average molecular weight is 924 g/mol. The van der Waals surface area contributed by atoms with Gasteiger partial charge in [-0.25, -0.2) is 4.98 Å². The van der Waals surface area contributed by atoms with Crippen molar-refractivity contribution in [2.75, 3.05) is 26.7 Å². The molecule has 5 aromatic rings. The first kappa shape index (κ1) is 50.1. The van der Waals surface area contributed by atoms with Crippen molar-refractivity contribution in [1.82, 2.24) is 25.4 Å². The Kier molecular flexibility index (Phi) is 17.8. The topological polar surface area (TPSA) is 141 Å². The number of aliphatic hydroxyl groups is 1. The number of rotatable bonds is 20. The van der Waals surface area contributed by atoms with E-state index in [2.05, 4.69) is 83.2 Å². The second-order valence-corrected chi connectivity index (χ2v) is 19.0. The van der Waals surface area contributed by atoms with E-state index in [0.717, 1.165) is 45.0 Å². The average Bonchev–Trinajstić information content (AvgIpc) is 3.95. The zero-order chi connectivity index (χ0) is 47.9. The summed E-state index contributed by atoms with van der Waals surface area (Å²) in [6, 6.07) is 35.2. The maximum absolute atomic E-state index is 14.0. The molecule has 3 atom stereocenters. The summed E-state index contributed by atoms with van der Waals surface area (Å²) >= 11 is 1.58. The van der Waals surface area contributed by atoms with Gasteiger partial charge in [-0.3, -0.25) is 19.2 Å². The molecule has 1 aliphatic rings. The molecule has 1 aliphatic heterocycles. The highest BCUT2D eigenvalue weighted by atomic mass is 32.1. The maximum Gasteiger partial charge on any atom is 0.246 e. The van der Waals surface area contributed by atoms with E-state index in [0.29, 0.717) is 32.4 Å². The molecule has 0 unspecified atom stereocenters. The number of amides is 4. The quantitative estimate of drug-likeness (QED) is 0.0522. The summed E-state index contributed by atoms with van der Waals surface area (Å²) in [6.45, 7) is 10.8. The van der Waals surface area contributed by atoms with Gasteiger partial charge >= 0.3 is 0 Å². The van der Waals surface area contributed by atoms with Gasteiger partial charge in [-0.1, -0.05) is 137 Å². The molecule has 1 fully saturated rings. The van der Waals surface area contributed by atoms with Crippen LogP contribution in [0.3, 0.4) is 0 Å². The third kappa shape index (κ3) is 13.8. The predicted molar refractivity (Wildman–Crippen MR) is 268 cm³/mol. The number of carbonyl (C=O) groups is 4. The van der Waals surface area contributed by atoms with Gasteiger partial charge in [0.1, 0.15) is 24.4 Å². The van der Waals surface area contributed by atoms with Crippen molar-refractivity contribution in [3.8, 4) is 16.2 Å². The number of benzene rings is 4. The molecule has 67 heavy (non-hydrogen) atoms. The smallest absolute Gasteiger partial charge is 0.246 e. The van der Waals surface area contributed by atoms with Gasteiger partial charge in [0.25, 0.3) is 0 Å². The number of likely N-dealkylation sites (tertiary alicyclic amines) is 1. The zero-order valence-corrected chi connectivity index (χ0v) is 40.5. The maximum atomic E-state index is 14.0. The number of allylic oxidation sites excluding steroid dienone is 3. The molecular weight excluding hydrogens is 859 g/mol. The first-order valence-corrected chi connectivity index (χ1v) is 24.1. The van der Waals surface area contributed by atoms with Gasteiger partial charge in [0, 0.05) is 39.4 Å². The van der Waals surface area contributed by atoms with Crippen molar-refractivity contribution >= 4 is 46.1 Å². The third-order valence-electron chi connectivity index (χ3n) is 12.0. The van der Waals surface area contributed by atoms with Crippen LogP contribution < -0.4 is 15.4 Å². The predicted octanol–water partition coefficient (Wildman–Crippen LogP) is 9.25. The minimum absolute atomic E-state index is 0.00371. The van der Waals surface area contributed by atoms with E-state index in [9.17, 15) is 24.3 Å². The van der Waals surface area contributed by atoms with Gasteiger partial charge in [0.2, 0.25) is 23.6 Å². The number of likely N-dealkylation sites (N-methyl/N-ethyl adjacent to an activating group) is 1. The van der Waals surface area contributed by atoms with E-state index >= 15 is 0 Å². The second-order valence-electron chi connectivity index (χ2n) is 18.1. The number of aryl methyl sites for hydroxylation is 1. The number of β-amino-alcohol motifs (C(OH)–C–C–N with tert-alkyl or cyclic N) is 1. The molecule has 3 N–H and O–H groups in total. The molecule has 4 aromatic carbocycles. The summed E-state index contributed by atoms with van der Waals surface area (Å²) in [5.74, 6) is -0.329. The van der Waals surface area contributed by atoms with Crippen LogP contribution >= 0.6 is 11.3 Å². The normalized spacial score (nSPS) is 15.8. The highest BCUT2D eigenvalue weighted by molar-refractivity contribution is 7.13. The summed E-state index contributed by atoms with van der Waals surface area (Å²) in [6.07, 6.45) is 5.33. The van der Waals surface area contributed by atoms with E-state index in [-0.39, 0.29) is 43.7 Å². The fraction of sp³-hybridized carbons (Fsp3) is 0.364. The third-order valence-corrected chi connectivity index (χ3v) is 13.0. The lowest BCUT2D eigenvalue weighted by molar-refractivity contribution is -0.144. The highest BCUT2D eigenvalue weighted by Crippen LogP contribution is 2.35. The largest absolute Gasteiger partial charge is 0.492 e. The van der Waals surface area contributed by atoms with Crippen LogP contribution in [0.2, 0.25) is 0 Å². The summed E-state index contributed by atoms with van der Waals surface area (Å²) in [5.41, 5.74) is 10.0. The van der Waals surface area contributed by atoms with E-state index < -0.39 is 29.5 Å². The molecule has 1 saturated heterocycles. The van der Waals surface area contributed by atoms with E-state index in [1.54, 1.807) is 23.3 Å². The summed E-state index contributed by atoms with van der Waals surface area (Å²) in [4.78, 5) is 62.1. The van der Waals surface area contributed by atoms with E-state index in [4.69, 9.17) is 4.74 Å². The SMILES string of the molecule is CC/C(=C(\c1ccccc1)c1ccc(OCCN(C)C(=O)CC/C=C/CCC(=O)N[C@H](C(=O)N2C[C@H](O)C[C@H]2C(=O)NCc2ccc(-c3scnc3C)cc2)C(C)(C)C)cc1)c1ccccc1. The van der Waals surface area contributed by atoms with Crippen LogP contribution in [0.5, 0.6) is 5.75 Å². The van der Waals surface area contributed by atoms with E-state index in [1.165, 1.54) is 21.6 Å². The number of thiazole rings is 1. The summed E-state index contributed by atoms with van der Waals surface area (Å²) in [7, 11) is 1.77. The molecule has 0 saturated carbocycles. The standard InChI is InChI=1S/C55H65N5O6S/c1-7-46(40-18-12-10-13-19-40)50(41-20-14-11-15-21-41)42-28-30-45(31-29-42)66-33-32-59(6)49(63)23-17-9-8-16-22-48(62)58-52(55(3,4)5)54(65)60-36-44(61)34-47(60)53(64)56-35-39-24-26-43(27-25-39)51-38(2)57-37-67-51/h8-15,18-21,24-31,37,44,47,52,61H,7,16-17,22-23,32-36H2,1-6H3,(H,56,64)(H,58,62)/b9-8+,50-46-/t44-,47+,52-/m1/s1. The van der Waals surface area contributed by atoms with Crippen LogP contribution in [-0.2, 0) is 25.7 Å². The van der Waals surface area contributed by atoms with Crippen LogP contribution in [0, 0.1) is 12.3 Å². The molecule has 0 aliphatic carbocycles. The van der Waals surface area contributed by atoms with Crippen molar-refractivity contribution in [3.05, 3.63) is 155 Å². The van der Waals surface area contributed by atoms with Crippen LogP contribution in [-0.4, -0.2) is 88.5 Å². The Hall–Kier alpha value is -6.37. The molecule has 2 heterocycles. The molecule has 4 amide bonds. The number of hydrogen-bond acceptors (Lipinski definition) is 8. The van der Waals surface area contributed by atoms with Crippen molar-refractivity contribution < 1.29 is 29.0 Å². The number of nitrogens with zero attached hydrogens (tertiary/aromatic N) is 3. The van der Waals surface area contributed by atoms with Crippen molar-refractivity contribution in [2.24, 2.45) is 5.41 Å². The van der Waals surface area contributed by atoms with Gasteiger partial charge < -0.3 is 30.3 Å². The molecule has 1 aromatic heterocycles. The van der Waals surface area contributed by atoms with Gasteiger partial charge in [-0.05, 0) is 82.7 Å². The minimum Gasteiger partial charge on any atom is -0.492 e. The number of ether oxygens (including phenoxy) is 1. The van der Waals surface area contributed by atoms with Crippen molar-refractivity contribution in [2.45, 2.75) is 97.9 Å².